The first-order valence-corrected chi connectivity index (χ1v) is 7.42. The average Bonchev–Trinajstić information content (AvgIpc) is 3.06. The van der Waals surface area contributed by atoms with Crippen molar-refractivity contribution in [2.75, 3.05) is 6.54 Å². The number of hydrogen-bond donors (Lipinski definition) is 0. The molecular weight excluding hydrogens is 252 g/mol. The smallest absolute Gasteiger partial charge is 0.255 e. The summed E-state index contributed by atoms with van der Waals surface area (Å²) in [5.41, 5.74) is 1.63. The number of carbonyl (C=O) groups excluding carboxylic acids is 2. The number of ketones is 1. The van der Waals surface area contributed by atoms with Crippen LogP contribution in [-0.2, 0) is 4.79 Å². The van der Waals surface area contributed by atoms with Gasteiger partial charge in [0.05, 0.1) is 5.56 Å². The molecule has 0 radical (unpaired) electrons. The first-order valence-electron chi connectivity index (χ1n) is 7.42. The largest absolute Gasteiger partial charge is 0.335 e. The maximum absolute atomic E-state index is 12.6. The second kappa shape index (κ2) is 5.35. The zero-order valence-electron chi connectivity index (χ0n) is 11.8. The summed E-state index contributed by atoms with van der Waals surface area (Å²) >= 11 is 0. The maximum atomic E-state index is 12.6. The maximum Gasteiger partial charge on any atom is 0.255 e. The van der Waals surface area contributed by atoms with Gasteiger partial charge < -0.3 is 4.90 Å². The lowest BCUT2D eigenvalue weighted by atomic mass is 9.95. The lowest BCUT2D eigenvalue weighted by molar-refractivity contribution is -0.121. The highest BCUT2D eigenvalue weighted by atomic mass is 16.2. The summed E-state index contributed by atoms with van der Waals surface area (Å²) in [6, 6.07) is 1.99. The Morgan fingerprint density at radius 1 is 1.30 bits per heavy atom. The van der Waals surface area contributed by atoms with Gasteiger partial charge in [0.15, 0.2) is 0 Å². The van der Waals surface area contributed by atoms with E-state index < -0.39 is 0 Å². The quantitative estimate of drug-likeness (QED) is 0.830. The summed E-state index contributed by atoms with van der Waals surface area (Å²) in [6.07, 6.45) is 7.95. The minimum atomic E-state index is 0.0309. The summed E-state index contributed by atoms with van der Waals surface area (Å²) in [5, 5.41) is 0. The van der Waals surface area contributed by atoms with Crippen molar-refractivity contribution in [3.05, 3.63) is 29.6 Å². The third-order valence-electron chi connectivity index (χ3n) is 4.50. The molecule has 0 aromatic carbocycles. The van der Waals surface area contributed by atoms with E-state index in [1.807, 2.05) is 17.9 Å². The van der Waals surface area contributed by atoms with Gasteiger partial charge in [0.1, 0.15) is 5.78 Å². The number of pyridine rings is 1. The minimum Gasteiger partial charge on any atom is -0.335 e. The molecule has 4 nitrogen and oxygen atoms in total. The van der Waals surface area contributed by atoms with E-state index in [1.54, 1.807) is 12.4 Å². The normalized spacial score (nSPS) is 26.2. The number of rotatable bonds is 2. The fourth-order valence-electron chi connectivity index (χ4n) is 3.55. The number of carbonyl (C=O) groups is 2. The van der Waals surface area contributed by atoms with Gasteiger partial charge in [0.25, 0.3) is 5.91 Å². The molecule has 2 aliphatic rings. The lowest BCUT2D eigenvalue weighted by Gasteiger charge is -2.28. The molecular formula is C16H20N2O2. The minimum absolute atomic E-state index is 0.0309. The van der Waals surface area contributed by atoms with Gasteiger partial charge in [-0.2, -0.15) is 0 Å². The molecule has 1 amide bonds. The molecule has 2 unspecified atom stereocenters. The standard InChI is InChI=1S/C16H20N2O2/c1-11-8-12(10-17-9-11)16(20)18-7-3-5-14(18)13-4-2-6-15(13)19/h8-10,13-14H,2-7H2,1H3. The number of nitrogens with zero attached hydrogens (tertiary/aromatic N) is 2. The van der Waals surface area contributed by atoms with E-state index in [-0.39, 0.29) is 17.9 Å². The second-order valence-corrected chi connectivity index (χ2v) is 5.92. The highest BCUT2D eigenvalue weighted by Gasteiger charge is 2.40. The van der Waals surface area contributed by atoms with Gasteiger partial charge in [-0.1, -0.05) is 0 Å². The fraction of sp³-hybridized carbons (Fsp3) is 0.562. The van der Waals surface area contributed by atoms with Gasteiger partial charge in [-0.15, -0.1) is 0 Å². The van der Waals surface area contributed by atoms with Crippen LogP contribution in [0, 0.1) is 12.8 Å². The summed E-state index contributed by atoms with van der Waals surface area (Å²) in [5.74, 6) is 0.444. The van der Waals surface area contributed by atoms with Crippen LogP contribution >= 0.6 is 0 Å². The Labute approximate surface area is 119 Å². The molecule has 1 aliphatic heterocycles. The molecule has 2 atom stereocenters. The van der Waals surface area contributed by atoms with Gasteiger partial charge in [-0.05, 0) is 44.2 Å². The molecule has 1 saturated carbocycles. The monoisotopic (exact) mass is 272 g/mol. The van der Waals surface area contributed by atoms with E-state index in [1.165, 1.54) is 0 Å². The van der Waals surface area contributed by atoms with Crippen molar-refractivity contribution in [1.82, 2.24) is 9.88 Å². The highest BCUT2D eigenvalue weighted by Crippen LogP contribution is 2.34. The highest BCUT2D eigenvalue weighted by molar-refractivity contribution is 5.95. The Morgan fingerprint density at radius 3 is 2.85 bits per heavy atom. The third-order valence-corrected chi connectivity index (χ3v) is 4.50. The van der Waals surface area contributed by atoms with Crippen molar-refractivity contribution in [3.8, 4) is 0 Å². The molecule has 20 heavy (non-hydrogen) atoms. The SMILES string of the molecule is Cc1cncc(C(=O)N2CCCC2C2CCCC2=O)c1. The molecule has 4 heteroatoms. The van der Waals surface area contributed by atoms with Crippen LogP contribution < -0.4 is 0 Å². The summed E-state index contributed by atoms with van der Waals surface area (Å²) < 4.78 is 0. The number of hydrogen-bond acceptors (Lipinski definition) is 3. The molecule has 1 aliphatic carbocycles. The third kappa shape index (κ3) is 2.35. The van der Waals surface area contributed by atoms with Gasteiger partial charge in [-0.25, -0.2) is 0 Å². The van der Waals surface area contributed by atoms with Crippen LogP contribution in [0.1, 0.15) is 48.0 Å². The van der Waals surface area contributed by atoms with Crippen molar-refractivity contribution in [3.63, 3.8) is 0 Å². The lowest BCUT2D eigenvalue weighted by Crippen LogP contribution is -2.41. The Hall–Kier alpha value is -1.71. The number of Topliss-reactive ketones (excluding diaryl/α,β-unsaturated/α-hetero) is 1. The molecule has 2 heterocycles. The predicted molar refractivity (Wildman–Crippen MR) is 75.4 cm³/mol. The van der Waals surface area contributed by atoms with Crippen molar-refractivity contribution >= 4 is 11.7 Å². The molecule has 1 saturated heterocycles. The van der Waals surface area contributed by atoms with E-state index in [0.29, 0.717) is 17.8 Å². The van der Waals surface area contributed by atoms with E-state index in [9.17, 15) is 9.59 Å². The molecule has 2 fully saturated rings. The van der Waals surface area contributed by atoms with Crippen molar-refractivity contribution in [1.29, 1.82) is 0 Å². The zero-order valence-corrected chi connectivity index (χ0v) is 11.8. The first-order chi connectivity index (χ1) is 9.66. The molecule has 0 spiro atoms. The van der Waals surface area contributed by atoms with E-state index in [2.05, 4.69) is 4.98 Å². The number of amides is 1. The van der Waals surface area contributed by atoms with Gasteiger partial charge in [0.2, 0.25) is 0 Å². The van der Waals surface area contributed by atoms with Crippen molar-refractivity contribution in [2.45, 2.75) is 45.1 Å². The first kappa shape index (κ1) is 13.3. The molecule has 0 N–H and O–H groups in total. The van der Waals surface area contributed by atoms with Crippen LogP contribution in [0.5, 0.6) is 0 Å². The van der Waals surface area contributed by atoms with E-state index >= 15 is 0 Å². The van der Waals surface area contributed by atoms with Gasteiger partial charge >= 0.3 is 0 Å². The van der Waals surface area contributed by atoms with Crippen LogP contribution in [0.3, 0.4) is 0 Å². The second-order valence-electron chi connectivity index (χ2n) is 5.92. The molecule has 1 aromatic rings. The summed E-state index contributed by atoms with van der Waals surface area (Å²) in [4.78, 5) is 30.6. The average molecular weight is 272 g/mol. The molecule has 0 bridgehead atoms. The van der Waals surface area contributed by atoms with E-state index in [4.69, 9.17) is 0 Å². The van der Waals surface area contributed by atoms with Crippen LogP contribution in [0.4, 0.5) is 0 Å². The number of likely N-dealkylation sites (tertiary alicyclic amines) is 1. The van der Waals surface area contributed by atoms with Crippen LogP contribution in [0.2, 0.25) is 0 Å². The summed E-state index contributed by atoms with van der Waals surface area (Å²) in [7, 11) is 0. The number of aryl methyl sites for hydroxylation is 1. The van der Waals surface area contributed by atoms with E-state index in [0.717, 1.165) is 37.8 Å². The van der Waals surface area contributed by atoms with Crippen LogP contribution in [-0.4, -0.2) is 34.2 Å². The molecule has 106 valence electrons. The van der Waals surface area contributed by atoms with Gasteiger partial charge in [-0.3, -0.25) is 14.6 Å². The van der Waals surface area contributed by atoms with Crippen molar-refractivity contribution < 1.29 is 9.59 Å². The van der Waals surface area contributed by atoms with Crippen LogP contribution in [0.15, 0.2) is 18.5 Å². The van der Waals surface area contributed by atoms with Crippen LogP contribution in [0.25, 0.3) is 0 Å². The summed E-state index contributed by atoms with van der Waals surface area (Å²) in [6.45, 7) is 2.70. The Kier molecular flexibility index (Phi) is 3.55. The molecule has 3 rings (SSSR count). The predicted octanol–water partition coefficient (Wildman–Crippen LogP) is 2.36. The number of aromatic nitrogens is 1. The van der Waals surface area contributed by atoms with Crippen molar-refractivity contribution in [2.24, 2.45) is 5.92 Å². The Balaban J connectivity index is 1.81. The zero-order chi connectivity index (χ0) is 14.1. The molecule has 1 aromatic heterocycles. The fourth-order valence-corrected chi connectivity index (χ4v) is 3.55. The Bertz CT molecular complexity index is 541. The van der Waals surface area contributed by atoms with Gasteiger partial charge in [0, 0.05) is 37.3 Å². The topological polar surface area (TPSA) is 50.3 Å². The Morgan fingerprint density at radius 2 is 2.15 bits per heavy atom.